The summed E-state index contributed by atoms with van der Waals surface area (Å²) in [4.78, 5) is 0. The molecule has 0 aromatic heterocycles. The van der Waals surface area contributed by atoms with Crippen LogP contribution in [0.1, 0.15) is 39.5 Å². The predicted molar refractivity (Wildman–Crippen MR) is 58.8 cm³/mol. The van der Waals surface area contributed by atoms with Crippen molar-refractivity contribution in [3.05, 3.63) is 0 Å². The van der Waals surface area contributed by atoms with E-state index in [9.17, 15) is 8.42 Å². The van der Waals surface area contributed by atoms with Gasteiger partial charge in [0.1, 0.15) is 5.21 Å². The second-order valence-electron chi connectivity index (χ2n) is 4.78. The van der Waals surface area contributed by atoms with Crippen molar-refractivity contribution >= 4 is 21.6 Å². The minimum Gasteiger partial charge on any atom is -0.211 e. The van der Waals surface area contributed by atoms with Crippen LogP contribution in [0.15, 0.2) is 0 Å². The molecule has 0 bridgehead atoms. The van der Waals surface area contributed by atoms with Gasteiger partial charge in [-0.15, -0.1) is 11.6 Å². The maximum Gasteiger partial charge on any atom is 0.225 e. The first-order valence-corrected chi connectivity index (χ1v) is 7.09. The molecule has 14 heavy (non-hydrogen) atoms. The van der Waals surface area contributed by atoms with E-state index in [0.29, 0.717) is 5.41 Å². The van der Waals surface area contributed by atoms with Crippen LogP contribution in [-0.2, 0) is 10.0 Å². The van der Waals surface area contributed by atoms with Gasteiger partial charge < -0.3 is 0 Å². The molecule has 1 N–H and O–H groups in total. The lowest BCUT2D eigenvalue weighted by Crippen LogP contribution is -2.39. The fraction of sp³-hybridized carbons (Fsp3) is 1.00. The van der Waals surface area contributed by atoms with Crippen LogP contribution >= 0.6 is 11.6 Å². The van der Waals surface area contributed by atoms with Crippen LogP contribution in [-0.4, -0.2) is 19.7 Å². The Balaban J connectivity index is 2.44. The molecule has 1 aliphatic rings. The van der Waals surface area contributed by atoms with Gasteiger partial charge in [-0.1, -0.05) is 13.8 Å². The normalized spacial score (nSPS) is 23.6. The Morgan fingerprint density at radius 2 is 1.86 bits per heavy atom. The number of hydrogen-bond donors (Lipinski definition) is 1. The van der Waals surface area contributed by atoms with Gasteiger partial charge in [-0.05, 0) is 31.1 Å². The van der Waals surface area contributed by atoms with Crippen LogP contribution < -0.4 is 4.72 Å². The molecule has 84 valence electrons. The summed E-state index contributed by atoms with van der Waals surface area (Å²) in [5, 5.41) is -0.340. The first-order chi connectivity index (χ1) is 6.35. The molecule has 0 radical (unpaired) electrons. The van der Waals surface area contributed by atoms with Crippen molar-refractivity contribution in [3.8, 4) is 0 Å². The smallest absolute Gasteiger partial charge is 0.211 e. The second kappa shape index (κ2) is 4.37. The minimum absolute atomic E-state index is 0.0896. The zero-order chi connectivity index (χ0) is 10.8. The zero-order valence-electron chi connectivity index (χ0n) is 8.72. The Labute approximate surface area is 91.3 Å². The molecule has 0 aromatic rings. The molecular weight excluding hydrogens is 222 g/mol. The van der Waals surface area contributed by atoms with E-state index in [1.165, 1.54) is 0 Å². The van der Waals surface area contributed by atoms with E-state index >= 15 is 0 Å². The van der Waals surface area contributed by atoms with Crippen LogP contribution in [0.2, 0.25) is 0 Å². The molecule has 1 aliphatic carbocycles. The molecule has 0 aliphatic heterocycles. The van der Waals surface area contributed by atoms with Gasteiger partial charge in [0.15, 0.2) is 0 Å². The van der Waals surface area contributed by atoms with E-state index in [0.717, 1.165) is 25.7 Å². The Bertz CT molecular complexity index is 277. The Hall–Kier alpha value is 0.200. The molecule has 0 amide bonds. The number of rotatable bonds is 3. The maximum absolute atomic E-state index is 11.2. The van der Waals surface area contributed by atoms with Crippen LogP contribution in [0.25, 0.3) is 0 Å². The second-order valence-corrected chi connectivity index (χ2v) is 7.12. The van der Waals surface area contributed by atoms with Gasteiger partial charge in [0.25, 0.3) is 0 Å². The molecule has 5 heteroatoms. The van der Waals surface area contributed by atoms with E-state index in [-0.39, 0.29) is 11.3 Å². The lowest BCUT2D eigenvalue weighted by atomic mass is 9.76. The lowest BCUT2D eigenvalue weighted by Gasteiger charge is -2.34. The highest BCUT2D eigenvalue weighted by Crippen LogP contribution is 2.35. The van der Waals surface area contributed by atoms with Crippen molar-refractivity contribution in [1.29, 1.82) is 0 Å². The minimum atomic E-state index is -3.24. The van der Waals surface area contributed by atoms with Crippen molar-refractivity contribution in [2.24, 2.45) is 5.41 Å². The number of sulfonamides is 1. The molecule has 0 spiro atoms. The molecule has 0 aromatic carbocycles. The van der Waals surface area contributed by atoms with E-state index in [1.54, 1.807) is 0 Å². The number of hydrogen-bond acceptors (Lipinski definition) is 2. The van der Waals surface area contributed by atoms with Gasteiger partial charge in [0, 0.05) is 6.04 Å². The third kappa shape index (κ3) is 3.75. The summed E-state index contributed by atoms with van der Waals surface area (Å²) in [6.45, 7) is 4.44. The van der Waals surface area contributed by atoms with Gasteiger partial charge in [-0.25, -0.2) is 13.1 Å². The van der Waals surface area contributed by atoms with Gasteiger partial charge in [-0.3, -0.25) is 0 Å². The van der Waals surface area contributed by atoms with Crippen LogP contribution in [0, 0.1) is 5.41 Å². The molecular formula is C9H18ClNO2S. The molecule has 0 saturated heterocycles. The summed E-state index contributed by atoms with van der Waals surface area (Å²) in [5.41, 5.74) is 0.364. The summed E-state index contributed by atoms with van der Waals surface area (Å²) < 4.78 is 25.0. The Morgan fingerprint density at radius 3 is 2.29 bits per heavy atom. The highest BCUT2D eigenvalue weighted by Gasteiger charge is 2.28. The fourth-order valence-electron chi connectivity index (χ4n) is 1.80. The molecule has 3 nitrogen and oxygen atoms in total. The van der Waals surface area contributed by atoms with Crippen molar-refractivity contribution in [2.45, 2.75) is 45.6 Å². The van der Waals surface area contributed by atoms with Crippen molar-refractivity contribution in [3.63, 3.8) is 0 Å². The number of alkyl halides is 1. The Morgan fingerprint density at radius 1 is 1.36 bits per heavy atom. The quantitative estimate of drug-likeness (QED) is 0.767. The molecule has 0 heterocycles. The Kier molecular flexibility index (Phi) is 3.83. The molecule has 1 rings (SSSR count). The summed E-state index contributed by atoms with van der Waals surface area (Å²) in [5.74, 6) is 0. The largest absolute Gasteiger partial charge is 0.225 e. The monoisotopic (exact) mass is 239 g/mol. The zero-order valence-corrected chi connectivity index (χ0v) is 10.3. The first-order valence-electron chi connectivity index (χ1n) is 4.91. The van der Waals surface area contributed by atoms with Crippen molar-refractivity contribution in [1.82, 2.24) is 4.72 Å². The average molecular weight is 240 g/mol. The molecule has 0 unspecified atom stereocenters. The molecule has 1 fully saturated rings. The third-order valence-electron chi connectivity index (χ3n) is 2.83. The summed E-state index contributed by atoms with van der Waals surface area (Å²) in [6.07, 6.45) is 3.98. The van der Waals surface area contributed by atoms with E-state index in [1.807, 2.05) is 0 Å². The third-order valence-corrected chi connectivity index (χ3v) is 4.67. The topological polar surface area (TPSA) is 46.2 Å². The van der Waals surface area contributed by atoms with Gasteiger partial charge in [0.2, 0.25) is 10.0 Å². The van der Waals surface area contributed by atoms with Crippen molar-refractivity contribution in [2.75, 3.05) is 5.21 Å². The lowest BCUT2D eigenvalue weighted by molar-refractivity contribution is 0.218. The molecule has 1 saturated carbocycles. The SMILES string of the molecule is CC1(C)CCC(NS(=O)(=O)CCl)CC1. The van der Waals surface area contributed by atoms with Crippen LogP contribution in [0.3, 0.4) is 0 Å². The van der Waals surface area contributed by atoms with Crippen molar-refractivity contribution < 1.29 is 8.42 Å². The molecule has 0 atom stereocenters. The highest BCUT2D eigenvalue weighted by atomic mass is 35.5. The van der Waals surface area contributed by atoms with Crippen LogP contribution in [0.5, 0.6) is 0 Å². The first kappa shape index (κ1) is 12.3. The number of nitrogens with one attached hydrogen (secondary N) is 1. The van der Waals surface area contributed by atoms with Gasteiger partial charge in [0.05, 0.1) is 0 Å². The van der Waals surface area contributed by atoms with Gasteiger partial charge in [-0.2, -0.15) is 0 Å². The van der Waals surface area contributed by atoms with E-state index in [4.69, 9.17) is 11.6 Å². The maximum atomic E-state index is 11.2. The number of halogens is 1. The summed E-state index contributed by atoms with van der Waals surface area (Å²) in [6, 6.07) is 0.0896. The fourth-order valence-corrected chi connectivity index (χ4v) is 2.80. The van der Waals surface area contributed by atoms with E-state index < -0.39 is 10.0 Å². The van der Waals surface area contributed by atoms with E-state index in [2.05, 4.69) is 18.6 Å². The highest BCUT2D eigenvalue weighted by molar-refractivity contribution is 7.90. The predicted octanol–water partition coefficient (Wildman–Crippen LogP) is 2.07. The standard InChI is InChI=1S/C9H18ClNO2S/c1-9(2)5-3-8(4-6-9)11-14(12,13)7-10/h8,11H,3-7H2,1-2H3. The average Bonchev–Trinajstić information content (AvgIpc) is 2.09. The van der Waals surface area contributed by atoms with Gasteiger partial charge >= 0.3 is 0 Å². The summed E-state index contributed by atoms with van der Waals surface area (Å²) in [7, 11) is -3.24. The summed E-state index contributed by atoms with van der Waals surface area (Å²) >= 11 is 5.32. The van der Waals surface area contributed by atoms with Crippen LogP contribution in [0.4, 0.5) is 0 Å².